The lowest BCUT2D eigenvalue weighted by Gasteiger charge is -2.27. The average molecular weight is 382 g/mol. The minimum Gasteiger partial charge on any atom is -0.396 e. The molecular formula is C23H31N3O2. The highest BCUT2D eigenvalue weighted by Gasteiger charge is 2.43. The number of nitrogens with one attached hydrogen (secondary N) is 1. The Morgan fingerprint density at radius 3 is 2.46 bits per heavy atom. The molecule has 0 spiro atoms. The molecule has 5 nitrogen and oxygen atoms in total. The molecule has 3 N–H and O–H groups in total. The molecule has 1 fully saturated rings. The van der Waals surface area contributed by atoms with Gasteiger partial charge in [0.05, 0.1) is 6.10 Å². The lowest BCUT2D eigenvalue weighted by molar-refractivity contribution is 0.0715. The monoisotopic (exact) mass is 381 g/mol. The normalized spacial score (nSPS) is 27.5. The van der Waals surface area contributed by atoms with Gasteiger partial charge in [0.2, 0.25) is 0 Å². The third-order valence-electron chi connectivity index (χ3n) is 6.46. The Morgan fingerprint density at radius 2 is 1.82 bits per heavy atom. The van der Waals surface area contributed by atoms with Crippen molar-refractivity contribution >= 4 is 0 Å². The van der Waals surface area contributed by atoms with Crippen LogP contribution in [0.5, 0.6) is 0 Å². The highest BCUT2D eigenvalue weighted by atomic mass is 16.3. The summed E-state index contributed by atoms with van der Waals surface area (Å²) in [5.74, 6) is 1.19. The number of hydrogen-bond donors (Lipinski definition) is 3. The smallest absolute Gasteiger partial charge is 0.131 e. The van der Waals surface area contributed by atoms with E-state index in [1.54, 1.807) is 0 Å². The number of fused-ring (bicyclic) bond motifs is 1. The Kier molecular flexibility index (Phi) is 5.76. The van der Waals surface area contributed by atoms with E-state index < -0.39 is 6.10 Å². The van der Waals surface area contributed by atoms with Crippen molar-refractivity contribution in [1.29, 1.82) is 0 Å². The molecule has 1 heterocycles. The van der Waals surface area contributed by atoms with Gasteiger partial charge in [-0.1, -0.05) is 38.1 Å². The standard InChI is InChI=1S/C23H31N3O2/c1-14(2)23-24-8-7-17(26-23)11-19-20(13-27)22(28)12-21(19)25-18-9-15-5-3-4-6-16(15)10-18/h3-8,14,18-22,25,27-28H,9-13H2,1-2H3/t19-,20-,21-,22-/m1/s1. The molecule has 0 amide bonds. The maximum Gasteiger partial charge on any atom is 0.131 e. The van der Waals surface area contributed by atoms with Crippen LogP contribution in [0.3, 0.4) is 0 Å². The molecule has 2 aliphatic carbocycles. The summed E-state index contributed by atoms with van der Waals surface area (Å²) in [5.41, 5.74) is 3.84. The first kappa shape index (κ1) is 19.5. The van der Waals surface area contributed by atoms with E-state index in [0.29, 0.717) is 12.5 Å². The Hall–Kier alpha value is -1.82. The molecule has 0 aliphatic heterocycles. The van der Waals surface area contributed by atoms with Crippen molar-refractivity contribution in [3.8, 4) is 0 Å². The topological polar surface area (TPSA) is 78.3 Å². The molecule has 0 bridgehead atoms. The third kappa shape index (κ3) is 3.97. The number of benzene rings is 1. The number of aromatic nitrogens is 2. The molecule has 0 saturated heterocycles. The molecule has 150 valence electrons. The van der Waals surface area contributed by atoms with Crippen LogP contribution in [0.15, 0.2) is 36.5 Å². The van der Waals surface area contributed by atoms with E-state index in [0.717, 1.165) is 30.8 Å². The van der Waals surface area contributed by atoms with E-state index in [2.05, 4.69) is 48.4 Å². The van der Waals surface area contributed by atoms with Gasteiger partial charge < -0.3 is 15.5 Å². The zero-order chi connectivity index (χ0) is 19.7. The highest BCUT2D eigenvalue weighted by Crippen LogP contribution is 2.36. The largest absolute Gasteiger partial charge is 0.396 e. The van der Waals surface area contributed by atoms with Crippen molar-refractivity contribution in [3.05, 3.63) is 59.2 Å². The summed E-state index contributed by atoms with van der Waals surface area (Å²) in [6.07, 6.45) is 4.86. The van der Waals surface area contributed by atoms with Gasteiger partial charge in [0, 0.05) is 42.4 Å². The fourth-order valence-corrected chi connectivity index (χ4v) is 4.96. The van der Waals surface area contributed by atoms with Crippen molar-refractivity contribution < 1.29 is 10.2 Å². The first-order chi connectivity index (χ1) is 13.5. The van der Waals surface area contributed by atoms with Gasteiger partial charge in [-0.15, -0.1) is 0 Å². The molecule has 1 aromatic carbocycles. The molecule has 0 radical (unpaired) electrons. The molecule has 5 heteroatoms. The van der Waals surface area contributed by atoms with Crippen LogP contribution in [0, 0.1) is 11.8 Å². The van der Waals surface area contributed by atoms with Crippen LogP contribution in [0.25, 0.3) is 0 Å². The lowest BCUT2D eigenvalue weighted by Crippen LogP contribution is -2.43. The predicted molar refractivity (Wildman–Crippen MR) is 109 cm³/mol. The van der Waals surface area contributed by atoms with Crippen molar-refractivity contribution in [1.82, 2.24) is 15.3 Å². The van der Waals surface area contributed by atoms with Gasteiger partial charge in [0.15, 0.2) is 0 Å². The van der Waals surface area contributed by atoms with Gasteiger partial charge in [-0.3, -0.25) is 0 Å². The van der Waals surface area contributed by atoms with Crippen molar-refractivity contribution in [3.63, 3.8) is 0 Å². The fraction of sp³-hybridized carbons (Fsp3) is 0.565. The minimum atomic E-state index is -0.470. The first-order valence-corrected chi connectivity index (χ1v) is 10.5. The SMILES string of the molecule is CC(C)c1nccc(C[C@@H]2[C@@H](CO)[C@H](O)C[C@H]2NC2Cc3ccccc3C2)n1. The Morgan fingerprint density at radius 1 is 1.11 bits per heavy atom. The molecule has 2 aromatic rings. The molecule has 0 unspecified atom stereocenters. The highest BCUT2D eigenvalue weighted by molar-refractivity contribution is 5.33. The zero-order valence-corrected chi connectivity index (χ0v) is 16.8. The van der Waals surface area contributed by atoms with E-state index in [1.807, 2.05) is 12.3 Å². The van der Waals surface area contributed by atoms with Gasteiger partial charge in [-0.25, -0.2) is 9.97 Å². The van der Waals surface area contributed by atoms with Gasteiger partial charge in [0.25, 0.3) is 0 Å². The molecule has 28 heavy (non-hydrogen) atoms. The molecule has 4 atom stereocenters. The Bertz CT molecular complexity index is 785. The Balaban J connectivity index is 1.49. The summed E-state index contributed by atoms with van der Waals surface area (Å²) in [4.78, 5) is 9.09. The van der Waals surface area contributed by atoms with Crippen LogP contribution in [0.1, 0.15) is 48.8 Å². The van der Waals surface area contributed by atoms with Crippen LogP contribution in [0.2, 0.25) is 0 Å². The Labute approximate surface area is 167 Å². The lowest BCUT2D eigenvalue weighted by atomic mass is 9.88. The van der Waals surface area contributed by atoms with E-state index in [1.165, 1.54) is 11.1 Å². The zero-order valence-electron chi connectivity index (χ0n) is 16.8. The third-order valence-corrected chi connectivity index (χ3v) is 6.46. The molecular weight excluding hydrogens is 350 g/mol. The summed E-state index contributed by atoms with van der Waals surface area (Å²) >= 11 is 0. The number of rotatable bonds is 6. The van der Waals surface area contributed by atoms with Crippen molar-refractivity contribution in [2.75, 3.05) is 6.61 Å². The molecule has 1 saturated carbocycles. The van der Waals surface area contributed by atoms with Gasteiger partial charge in [-0.05, 0) is 48.8 Å². The second kappa shape index (κ2) is 8.27. The molecule has 4 rings (SSSR count). The summed E-state index contributed by atoms with van der Waals surface area (Å²) in [5, 5.41) is 24.3. The molecule has 1 aromatic heterocycles. The van der Waals surface area contributed by atoms with E-state index in [9.17, 15) is 10.2 Å². The van der Waals surface area contributed by atoms with Crippen LogP contribution < -0.4 is 5.32 Å². The number of nitrogens with zero attached hydrogens (tertiary/aromatic N) is 2. The summed E-state index contributed by atoms with van der Waals surface area (Å²) < 4.78 is 0. The second-order valence-corrected chi connectivity index (χ2v) is 8.73. The quantitative estimate of drug-likeness (QED) is 0.715. The van der Waals surface area contributed by atoms with Gasteiger partial charge in [0.1, 0.15) is 5.82 Å². The van der Waals surface area contributed by atoms with Gasteiger partial charge in [-0.2, -0.15) is 0 Å². The number of aliphatic hydroxyl groups is 2. The van der Waals surface area contributed by atoms with Crippen molar-refractivity contribution in [2.24, 2.45) is 11.8 Å². The molecule has 2 aliphatic rings. The maximum absolute atomic E-state index is 10.6. The van der Waals surface area contributed by atoms with Crippen LogP contribution in [-0.4, -0.2) is 45.0 Å². The minimum absolute atomic E-state index is 0.0109. The summed E-state index contributed by atoms with van der Waals surface area (Å²) in [7, 11) is 0. The number of aliphatic hydroxyl groups excluding tert-OH is 2. The van der Waals surface area contributed by atoms with E-state index in [-0.39, 0.29) is 30.4 Å². The van der Waals surface area contributed by atoms with E-state index in [4.69, 9.17) is 4.98 Å². The van der Waals surface area contributed by atoms with Crippen molar-refractivity contribution in [2.45, 2.75) is 63.6 Å². The first-order valence-electron chi connectivity index (χ1n) is 10.5. The second-order valence-electron chi connectivity index (χ2n) is 8.73. The number of hydrogen-bond acceptors (Lipinski definition) is 5. The van der Waals surface area contributed by atoms with Crippen LogP contribution in [0.4, 0.5) is 0 Å². The maximum atomic E-state index is 10.6. The average Bonchev–Trinajstić information content (AvgIpc) is 3.22. The fourth-order valence-electron chi connectivity index (χ4n) is 4.96. The summed E-state index contributed by atoms with van der Waals surface area (Å²) in [6.45, 7) is 4.20. The van der Waals surface area contributed by atoms with Gasteiger partial charge >= 0.3 is 0 Å². The van der Waals surface area contributed by atoms with Crippen LogP contribution in [-0.2, 0) is 19.3 Å². The van der Waals surface area contributed by atoms with Crippen LogP contribution >= 0.6 is 0 Å². The predicted octanol–water partition coefficient (Wildman–Crippen LogP) is 2.26. The van der Waals surface area contributed by atoms with E-state index >= 15 is 0 Å². The summed E-state index contributed by atoms with van der Waals surface area (Å²) in [6, 6.07) is 11.2.